The summed E-state index contributed by atoms with van der Waals surface area (Å²) >= 11 is 0. The average Bonchev–Trinajstić information content (AvgIpc) is 3.46. The van der Waals surface area contributed by atoms with Gasteiger partial charge in [0, 0.05) is 25.7 Å². The molecule has 1 heterocycles. The van der Waals surface area contributed by atoms with E-state index in [0.717, 1.165) is 62.9 Å². The van der Waals surface area contributed by atoms with Gasteiger partial charge >= 0.3 is 11.9 Å². The van der Waals surface area contributed by atoms with E-state index in [0.29, 0.717) is 43.1 Å². The Labute approximate surface area is 363 Å². The summed E-state index contributed by atoms with van der Waals surface area (Å²) in [7, 11) is 1.06. The Morgan fingerprint density at radius 2 is 1.33 bits per heavy atom. The number of unbranched alkanes of at least 4 members (excludes halogenated alkanes) is 11. The van der Waals surface area contributed by atoms with Crippen molar-refractivity contribution in [3.8, 4) is 0 Å². The molecule has 11 nitrogen and oxygen atoms in total. The van der Waals surface area contributed by atoms with E-state index in [1.165, 1.54) is 49.7 Å². The van der Waals surface area contributed by atoms with Gasteiger partial charge in [0.05, 0.1) is 33.9 Å². The van der Waals surface area contributed by atoms with Gasteiger partial charge in [0.2, 0.25) is 0 Å². The predicted molar refractivity (Wildman–Crippen MR) is 240 cm³/mol. The monoisotopic (exact) mass is 864 g/mol. The lowest BCUT2D eigenvalue weighted by Gasteiger charge is -2.28. The third-order valence-corrected chi connectivity index (χ3v) is 11.1. The highest BCUT2D eigenvalue weighted by Crippen LogP contribution is 2.38. The molecule has 0 bridgehead atoms. The molecule has 0 fully saturated rings. The Kier molecular flexibility index (Phi) is 31.1. The van der Waals surface area contributed by atoms with Crippen LogP contribution in [0.25, 0.3) is 0 Å². The van der Waals surface area contributed by atoms with Crippen molar-refractivity contribution in [1.82, 2.24) is 0 Å². The maximum absolute atomic E-state index is 12.7. The van der Waals surface area contributed by atoms with Crippen molar-refractivity contribution < 1.29 is 51.6 Å². The lowest BCUT2D eigenvalue weighted by Crippen LogP contribution is -2.37. The van der Waals surface area contributed by atoms with Crippen LogP contribution in [0, 0.1) is 13.8 Å². The normalized spacial score (nSPS) is 14.5. The topological polar surface area (TPSA) is 145 Å². The number of nitrogens with zero attached hydrogens (tertiary/aromatic N) is 1. The number of aliphatic hydroxyl groups excluding tert-OH is 1. The number of allylic oxidation sites excluding steroid dienone is 6. The van der Waals surface area contributed by atoms with Crippen molar-refractivity contribution in [2.45, 2.75) is 175 Å². The molecule has 0 amide bonds. The van der Waals surface area contributed by atoms with E-state index >= 15 is 0 Å². The van der Waals surface area contributed by atoms with E-state index in [1.54, 1.807) is 6.08 Å². The summed E-state index contributed by atoms with van der Waals surface area (Å²) in [4.78, 5) is 37.7. The van der Waals surface area contributed by atoms with E-state index in [2.05, 4.69) is 33.8 Å². The number of esters is 2. The SMILES string of the molecule is CCCCC/C=C\C=C/[C@H](O)C/C=C\C/C=C/CCCC(=O)O[C@H](COC(=O)CCCCCCCCc1oc(CCCCC)c(C)c1C)COP(=O)([O-])OCC[N+](C)(C)C. The van der Waals surface area contributed by atoms with Gasteiger partial charge in [-0.05, 0) is 82.8 Å². The number of quaternary nitrogens is 1. The van der Waals surface area contributed by atoms with Gasteiger partial charge in [-0.15, -0.1) is 0 Å². The van der Waals surface area contributed by atoms with Crippen LogP contribution in [0.4, 0.5) is 0 Å². The zero-order valence-corrected chi connectivity index (χ0v) is 39.4. The summed E-state index contributed by atoms with van der Waals surface area (Å²) in [5.41, 5.74) is 2.59. The molecule has 12 heteroatoms. The number of furan rings is 1. The van der Waals surface area contributed by atoms with Crippen LogP contribution in [0.1, 0.15) is 158 Å². The van der Waals surface area contributed by atoms with Crippen molar-refractivity contribution >= 4 is 19.8 Å². The van der Waals surface area contributed by atoms with E-state index < -0.39 is 38.6 Å². The molecule has 0 aliphatic carbocycles. The standard InChI is InChI=1S/C48H82NO10P/c1-8-10-12-13-15-20-26-31-43(50)32-27-21-16-14-17-24-30-36-48(52)58-44(40-57-60(53,54)56-38-37-49(5,6)7)39-55-47(51)35-29-23-19-18-22-28-34-46-42(4)41(3)45(59-46)33-25-11-9-2/h14-15,17,20-21,26-27,31,43-44,50H,8-13,16,18-19,22-25,28-30,32-40H2,1-7H3/b17-14+,20-15-,27-21-,31-26-/t43-,44+/m0/s1. The van der Waals surface area contributed by atoms with Gasteiger partial charge in [-0.1, -0.05) is 114 Å². The summed E-state index contributed by atoms with van der Waals surface area (Å²) in [5.74, 6) is 1.29. The Hall–Kier alpha value is -2.79. The molecule has 0 saturated heterocycles. The molecule has 1 N–H and O–H groups in total. The number of aliphatic hydroxyl groups is 1. The number of hydrogen-bond acceptors (Lipinski definition) is 10. The van der Waals surface area contributed by atoms with Crippen molar-refractivity contribution in [1.29, 1.82) is 0 Å². The van der Waals surface area contributed by atoms with Gasteiger partial charge in [-0.3, -0.25) is 14.2 Å². The number of carbonyl (C=O) groups is 2. The number of phosphoric acid groups is 1. The van der Waals surface area contributed by atoms with Crippen LogP contribution in [-0.2, 0) is 45.5 Å². The molecule has 1 unspecified atom stereocenters. The molecule has 344 valence electrons. The Bertz CT molecular complexity index is 1460. The minimum absolute atomic E-state index is 0.0627. The van der Waals surface area contributed by atoms with Gasteiger partial charge in [0.1, 0.15) is 31.3 Å². The summed E-state index contributed by atoms with van der Waals surface area (Å²) in [5, 5.41) is 10.1. The molecular weight excluding hydrogens is 781 g/mol. The molecule has 0 aromatic carbocycles. The average molecular weight is 864 g/mol. The first-order chi connectivity index (χ1) is 28.7. The van der Waals surface area contributed by atoms with Crippen LogP contribution in [-0.4, -0.2) is 81.2 Å². The molecule has 3 atom stereocenters. The fourth-order valence-corrected chi connectivity index (χ4v) is 6.93. The minimum atomic E-state index is -4.67. The third-order valence-electron chi connectivity index (χ3n) is 10.1. The van der Waals surface area contributed by atoms with Gasteiger partial charge in [-0.2, -0.15) is 0 Å². The first-order valence-electron chi connectivity index (χ1n) is 22.8. The van der Waals surface area contributed by atoms with Crippen molar-refractivity contribution in [3.63, 3.8) is 0 Å². The molecule has 1 aromatic heterocycles. The van der Waals surface area contributed by atoms with Crippen LogP contribution in [0.2, 0.25) is 0 Å². The van der Waals surface area contributed by atoms with Crippen molar-refractivity contribution in [3.05, 3.63) is 71.3 Å². The first kappa shape index (κ1) is 55.2. The first-order valence-corrected chi connectivity index (χ1v) is 24.3. The number of aryl methyl sites for hydroxylation is 2. The third kappa shape index (κ3) is 30.3. The molecule has 1 aromatic rings. The van der Waals surface area contributed by atoms with Crippen LogP contribution in [0.5, 0.6) is 0 Å². The lowest BCUT2D eigenvalue weighted by molar-refractivity contribution is -0.870. The highest BCUT2D eigenvalue weighted by molar-refractivity contribution is 7.45. The molecule has 0 spiro atoms. The molecule has 0 aliphatic heterocycles. The van der Waals surface area contributed by atoms with Crippen LogP contribution >= 0.6 is 7.82 Å². The maximum Gasteiger partial charge on any atom is 0.306 e. The van der Waals surface area contributed by atoms with E-state index in [4.69, 9.17) is 22.9 Å². The lowest BCUT2D eigenvalue weighted by atomic mass is 10.0. The molecule has 1 rings (SSSR count). The second-order valence-electron chi connectivity index (χ2n) is 16.8. The number of hydrogen-bond donors (Lipinski definition) is 1. The van der Waals surface area contributed by atoms with Crippen molar-refractivity contribution in [2.24, 2.45) is 0 Å². The van der Waals surface area contributed by atoms with Crippen LogP contribution in [0.3, 0.4) is 0 Å². The van der Waals surface area contributed by atoms with Gasteiger partial charge in [-0.25, -0.2) is 0 Å². The maximum atomic E-state index is 12.7. The van der Waals surface area contributed by atoms with Gasteiger partial charge < -0.3 is 37.4 Å². The molecular formula is C48H82NO10P. The van der Waals surface area contributed by atoms with E-state index in [1.807, 2.05) is 57.6 Å². The number of ether oxygens (including phenoxy) is 2. The number of phosphoric ester groups is 1. The molecule has 0 aliphatic rings. The summed E-state index contributed by atoms with van der Waals surface area (Å²) in [6.07, 6.45) is 32.9. The zero-order valence-electron chi connectivity index (χ0n) is 38.5. The van der Waals surface area contributed by atoms with Crippen molar-refractivity contribution in [2.75, 3.05) is 47.5 Å². The highest BCUT2D eigenvalue weighted by Gasteiger charge is 2.22. The molecule has 60 heavy (non-hydrogen) atoms. The zero-order chi connectivity index (χ0) is 44.5. The smallest absolute Gasteiger partial charge is 0.306 e. The number of likely N-dealkylation sites (N-methyl/N-ethyl adjacent to an activating group) is 1. The Morgan fingerprint density at radius 1 is 0.733 bits per heavy atom. The van der Waals surface area contributed by atoms with Gasteiger partial charge in [0.15, 0.2) is 6.10 Å². The Morgan fingerprint density at radius 3 is 2.02 bits per heavy atom. The summed E-state index contributed by atoms with van der Waals surface area (Å²) < 4.78 is 40.1. The van der Waals surface area contributed by atoms with Crippen LogP contribution < -0.4 is 4.89 Å². The Balaban J connectivity index is 2.44. The molecule has 0 saturated carbocycles. The fourth-order valence-electron chi connectivity index (χ4n) is 6.20. The van der Waals surface area contributed by atoms with Crippen LogP contribution in [0.15, 0.2) is 53.0 Å². The number of rotatable bonds is 37. The highest BCUT2D eigenvalue weighted by atomic mass is 31.2. The van der Waals surface area contributed by atoms with E-state index in [9.17, 15) is 24.2 Å². The largest absolute Gasteiger partial charge is 0.756 e. The molecule has 0 radical (unpaired) electrons. The summed E-state index contributed by atoms with van der Waals surface area (Å²) in [6, 6.07) is 0. The second-order valence-corrected chi connectivity index (χ2v) is 18.3. The summed E-state index contributed by atoms with van der Waals surface area (Å²) in [6.45, 7) is 8.27. The number of carbonyl (C=O) groups excluding carboxylic acids is 2. The predicted octanol–water partition coefficient (Wildman–Crippen LogP) is 10.7. The van der Waals surface area contributed by atoms with Gasteiger partial charge in [0.25, 0.3) is 7.82 Å². The fraction of sp³-hybridized carbons (Fsp3) is 0.708. The quantitative estimate of drug-likeness (QED) is 0.0171. The minimum Gasteiger partial charge on any atom is -0.756 e. The van der Waals surface area contributed by atoms with E-state index in [-0.39, 0.29) is 26.1 Å². The second kappa shape index (κ2) is 33.8.